The molecule has 0 unspecified atom stereocenters. The van der Waals surface area contributed by atoms with Gasteiger partial charge in [-0.3, -0.25) is 0 Å². The molecule has 1 aromatic rings. The molecule has 0 amide bonds. The number of nitrogens with zero attached hydrogens (tertiary/aromatic N) is 2. The average molecular weight is 310 g/mol. The van der Waals surface area contributed by atoms with E-state index in [0.29, 0.717) is 12.8 Å². The van der Waals surface area contributed by atoms with Gasteiger partial charge in [0.05, 0.1) is 23.5 Å². The zero-order chi connectivity index (χ0) is 16.9. The van der Waals surface area contributed by atoms with Crippen molar-refractivity contribution in [3.63, 3.8) is 0 Å². The van der Waals surface area contributed by atoms with Crippen molar-refractivity contribution in [2.24, 2.45) is 11.3 Å². The second kappa shape index (κ2) is 5.06. The lowest BCUT2D eigenvalue weighted by Crippen LogP contribution is -2.65. The highest BCUT2D eigenvalue weighted by atomic mass is 16.7. The SMILES string of the molecule is COC1(OC)C[C@@H]2C[C@@](C#N)(c3ccccc3[C@@H]2C#N)C1(C)C. The molecule has 0 aliphatic heterocycles. The fraction of sp³-hybridized carbons (Fsp3) is 0.579. The third-order valence-electron chi connectivity index (χ3n) is 6.33. The summed E-state index contributed by atoms with van der Waals surface area (Å²) in [4.78, 5) is 0. The molecule has 2 aliphatic carbocycles. The highest BCUT2D eigenvalue weighted by molar-refractivity contribution is 5.50. The summed E-state index contributed by atoms with van der Waals surface area (Å²) in [7, 11) is 3.26. The van der Waals surface area contributed by atoms with Crippen LogP contribution in [0.3, 0.4) is 0 Å². The first-order valence-corrected chi connectivity index (χ1v) is 7.93. The smallest absolute Gasteiger partial charge is 0.174 e. The van der Waals surface area contributed by atoms with Crippen LogP contribution in [0.25, 0.3) is 0 Å². The largest absolute Gasteiger partial charge is 0.353 e. The summed E-state index contributed by atoms with van der Waals surface area (Å²) in [6, 6.07) is 12.9. The summed E-state index contributed by atoms with van der Waals surface area (Å²) in [5.41, 5.74) is 0.659. The summed E-state index contributed by atoms with van der Waals surface area (Å²) in [6.45, 7) is 4.09. The zero-order valence-corrected chi connectivity index (χ0v) is 14.1. The molecule has 3 atom stereocenters. The van der Waals surface area contributed by atoms with Crippen LogP contribution in [0.15, 0.2) is 24.3 Å². The van der Waals surface area contributed by atoms with Crippen molar-refractivity contribution in [2.75, 3.05) is 14.2 Å². The Morgan fingerprint density at radius 2 is 1.74 bits per heavy atom. The Kier molecular flexibility index (Phi) is 3.52. The highest BCUT2D eigenvalue weighted by Crippen LogP contribution is 2.64. The molecule has 4 heteroatoms. The molecule has 1 fully saturated rings. The van der Waals surface area contributed by atoms with Gasteiger partial charge in [-0.25, -0.2) is 0 Å². The zero-order valence-electron chi connectivity index (χ0n) is 14.1. The molecular formula is C19H22N2O2. The van der Waals surface area contributed by atoms with Crippen molar-refractivity contribution in [3.8, 4) is 12.1 Å². The molecule has 0 spiro atoms. The summed E-state index contributed by atoms with van der Waals surface area (Å²) in [5, 5.41) is 20.0. The number of methoxy groups -OCH3 is 2. The Hall–Kier alpha value is -1.88. The van der Waals surface area contributed by atoms with E-state index >= 15 is 0 Å². The fourth-order valence-electron chi connectivity index (χ4n) is 4.92. The normalized spacial score (nSPS) is 33.1. The number of fused-ring (bicyclic) bond motifs is 4. The predicted octanol–water partition coefficient (Wildman–Crippen LogP) is 3.49. The van der Waals surface area contributed by atoms with E-state index in [1.165, 1.54) is 0 Å². The van der Waals surface area contributed by atoms with E-state index in [1.54, 1.807) is 14.2 Å². The van der Waals surface area contributed by atoms with Crippen molar-refractivity contribution >= 4 is 0 Å². The first-order chi connectivity index (χ1) is 10.9. The van der Waals surface area contributed by atoms with E-state index in [-0.39, 0.29) is 11.8 Å². The molecular weight excluding hydrogens is 288 g/mol. The van der Waals surface area contributed by atoms with E-state index < -0.39 is 16.6 Å². The predicted molar refractivity (Wildman–Crippen MR) is 85.3 cm³/mol. The van der Waals surface area contributed by atoms with Crippen LogP contribution in [-0.2, 0) is 14.9 Å². The summed E-state index contributed by atoms with van der Waals surface area (Å²) in [5.74, 6) is -1.07. The van der Waals surface area contributed by atoms with Crippen LogP contribution in [0, 0.1) is 34.0 Å². The van der Waals surface area contributed by atoms with Gasteiger partial charge >= 0.3 is 0 Å². The molecule has 4 nitrogen and oxygen atoms in total. The van der Waals surface area contributed by atoms with Gasteiger partial charge in [-0.1, -0.05) is 38.1 Å². The van der Waals surface area contributed by atoms with Gasteiger partial charge in [-0.05, 0) is 23.5 Å². The second-order valence-electron chi connectivity index (χ2n) is 7.17. The van der Waals surface area contributed by atoms with Gasteiger partial charge in [0.25, 0.3) is 0 Å². The van der Waals surface area contributed by atoms with E-state index in [1.807, 2.05) is 38.1 Å². The lowest BCUT2D eigenvalue weighted by Gasteiger charge is -2.61. The molecule has 0 aromatic heterocycles. The monoisotopic (exact) mass is 310 g/mol. The van der Waals surface area contributed by atoms with Crippen molar-refractivity contribution < 1.29 is 9.47 Å². The summed E-state index contributed by atoms with van der Waals surface area (Å²) >= 11 is 0. The molecule has 2 aliphatic rings. The van der Waals surface area contributed by atoms with Crippen LogP contribution in [0.4, 0.5) is 0 Å². The number of benzene rings is 1. The molecule has 120 valence electrons. The van der Waals surface area contributed by atoms with Gasteiger partial charge in [0.15, 0.2) is 5.79 Å². The molecule has 0 saturated heterocycles. The molecule has 0 heterocycles. The minimum Gasteiger partial charge on any atom is -0.353 e. The third-order valence-corrected chi connectivity index (χ3v) is 6.33. The Balaban J connectivity index is 2.35. The highest BCUT2D eigenvalue weighted by Gasteiger charge is 2.67. The first-order valence-electron chi connectivity index (χ1n) is 7.93. The molecule has 0 radical (unpaired) electrons. The van der Waals surface area contributed by atoms with Crippen LogP contribution in [0.1, 0.15) is 43.7 Å². The average Bonchev–Trinajstić information content (AvgIpc) is 2.57. The molecule has 1 aromatic carbocycles. The lowest BCUT2D eigenvalue weighted by molar-refractivity contribution is -0.307. The Labute approximate surface area is 137 Å². The van der Waals surface area contributed by atoms with Gasteiger partial charge in [0.2, 0.25) is 0 Å². The Morgan fingerprint density at radius 3 is 2.30 bits per heavy atom. The van der Waals surface area contributed by atoms with Gasteiger partial charge in [0.1, 0.15) is 0 Å². The van der Waals surface area contributed by atoms with Gasteiger partial charge in [-0.2, -0.15) is 10.5 Å². The summed E-state index contributed by atoms with van der Waals surface area (Å²) < 4.78 is 11.7. The van der Waals surface area contributed by atoms with Gasteiger partial charge in [-0.15, -0.1) is 0 Å². The number of hydrogen-bond donors (Lipinski definition) is 0. The first kappa shape index (κ1) is 16.0. The van der Waals surface area contributed by atoms with E-state index in [0.717, 1.165) is 11.1 Å². The quantitative estimate of drug-likeness (QED) is 0.784. The topological polar surface area (TPSA) is 66.0 Å². The maximum Gasteiger partial charge on any atom is 0.174 e. The standard InChI is InChI=1S/C19H22N2O2/c1-17(2)18(12-21)9-13(10-19(17,22-3)23-4)15(11-20)14-7-5-6-8-16(14)18/h5-8,13,15H,9-10H2,1-4H3/t13-,15+,18+/m0/s1. The van der Waals surface area contributed by atoms with Crippen LogP contribution < -0.4 is 0 Å². The Bertz CT molecular complexity index is 709. The fourth-order valence-corrected chi connectivity index (χ4v) is 4.92. The Morgan fingerprint density at radius 1 is 1.09 bits per heavy atom. The molecule has 3 rings (SSSR count). The molecule has 0 N–H and O–H groups in total. The van der Waals surface area contributed by atoms with Gasteiger partial charge < -0.3 is 9.47 Å². The van der Waals surface area contributed by atoms with Crippen LogP contribution in [0.2, 0.25) is 0 Å². The maximum atomic E-state index is 10.2. The van der Waals surface area contributed by atoms with Crippen molar-refractivity contribution in [2.45, 2.75) is 43.8 Å². The maximum absolute atomic E-state index is 10.2. The lowest BCUT2D eigenvalue weighted by atomic mass is 9.45. The molecule has 1 saturated carbocycles. The molecule has 2 bridgehead atoms. The number of hydrogen-bond acceptors (Lipinski definition) is 4. The van der Waals surface area contributed by atoms with Gasteiger partial charge in [0, 0.05) is 26.1 Å². The number of rotatable bonds is 2. The second-order valence-corrected chi connectivity index (χ2v) is 7.17. The van der Waals surface area contributed by atoms with Crippen molar-refractivity contribution in [1.82, 2.24) is 0 Å². The van der Waals surface area contributed by atoms with Crippen LogP contribution in [-0.4, -0.2) is 20.0 Å². The van der Waals surface area contributed by atoms with Crippen LogP contribution in [0.5, 0.6) is 0 Å². The van der Waals surface area contributed by atoms with Crippen LogP contribution >= 0.6 is 0 Å². The number of nitriles is 2. The van der Waals surface area contributed by atoms with E-state index in [2.05, 4.69) is 12.1 Å². The minimum atomic E-state index is -0.881. The van der Waals surface area contributed by atoms with Crippen molar-refractivity contribution in [3.05, 3.63) is 35.4 Å². The summed E-state index contributed by atoms with van der Waals surface area (Å²) in [6.07, 6.45) is 1.28. The van der Waals surface area contributed by atoms with E-state index in [4.69, 9.17) is 9.47 Å². The third kappa shape index (κ3) is 1.71. The minimum absolute atomic E-state index is 0.0440. The van der Waals surface area contributed by atoms with Crippen molar-refractivity contribution in [1.29, 1.82) is 10.5 Å². The van der Waals surface area contributed by atoms with E-state index in [9.17, 15) is 10.5 Å². The number of ether oxygens (including phenoxy) is 2. The molecule has 23 heavy (non-hydrogen) atoms.